The average molecular weight is 306 g/mol. The summed E-state index contributed by atoms with van der Waals surface area (Å²) in [5.41, 5.74) is -3.00. The SMILES string of the molecule is Cc1nccc(CNC(=O)NC(C)(C(=O)O)C(F)(F)F)n1. The number of rotatable bonds is 4. The molecule has 0 fully saturated rings. The van der Waals surface area contributed by atoms with E-state index in [0.717, 1.165) is 0 Å². The second-order valence-corrected chi connectivity index (χ2v) is 4.33. The van der Waals surface area contributed by atoms with E-state index in [-0.39, 0.29) is 6.54 Å². The fourth-order valence-corrected chi connectivity index (χ4v) is 1.29. The van der Waals surface area contributed by atoms with Gasteiger partial charge in [-0.2, -0.15) is 13.2 Å². The largest absolute Gasteiger partial charge is 0.479 e. The topological polar surface area (TPSA) is 104 Å². The second kappa shape index (κ2) is 5.94. The number of hydrogen-bond donors (Lipinski definition) is 3. The normalized spacial score (nSPS) is 14.1. The van der Waals surface area contributed by atoms with Crippen LogP contribution in [0.25, 0.3) is 0 Å². The van der Waals surface area contributed by atoms with Crippen LogP contribution in [0.4, 0.5) is 18.0 Å². The third-order valence-electron chi connectivity index (χ3n) is 2.62. The van der Waals surface area contributed by atoms with E-state index in [1.807, 2.05) is 0 Å². The van der Waals surface area contributed by atoms with Crippen molar-refractivity contribution < 1.29 is 27.9 Å². The molecule has 2 amide bonds. The van der Waals surface area contributed by atoms with Gasteiger partial charge in [0.25, 0.3) is 0 Å². The molecule has 0 aromatic carbocycles. The zero-order valence-corrected chi connectivity index (χ0v) is 11.2. The predicted octanol–water partition coefficient (Wildman–Crippen LogP) is 0.990. The van der Waals surface area contributed by atoms with Gasteiger partial charge < -0.3 is 15.7 Å². The highest BCUT2D eigenvalue weighted by molar-refractivity contribution is 5.86. The van der Waals surface area contributed by atoms with Crippen LogP contribution in [-0.4, -0.2) is 38.8 Å². The molecule has 7 nitrogen and oxygen atoms in total. The van der Waals surface area contributed by atoms with Crippen molar-refractivity contribution in [3.63, 3.8) is 0 Å². The first-order valence-corrected chi connectivity index (χ1v) is 5.71. The quantitative estimate of drug-likeness (QED) is 0.769. The monoisotopic (exact) mass is 306 g/mol. The van der Waals surface area contributed by atoms with Gasteiger partial charge in [0.15, 0.2) is 0 Å². The van der Waals surface area contributed by atoms with Crippen LogP contribution in [0, 0.1) is 6.92 Å². The molecule has 0 saturated heterocycles. The maximum atomic E-state index is 12.7. The van der Waals surface area contributed by atoms with E-state index in [1.54, 1.807) is 6.92 Å². The summed E-state index contributed by atoms with van der Waals surface area (Å²) in [7, 11) is 0. The molecule has 116 valence electrons. The van der Waals surface area contributed by atoms with E-state index in [0.29, 0.717) is 18.4 Å². The van der Waals surface area contributed by atoms with Crippen LogP contribution in [0.15, 0.2) is 12.3 Å². The first-order valence-electron chi connectivity index (χ1n) is 5.71. The van der Waals surface area contributed by atoms with Gasteiger partial charge in [-0.1, -0.05) is 0 Å². The number of aromatic nitrogens is 2. The summed E-state index contributed by atoms with van der Waals surface area (Å²) < 4.78 is 38.1. The number of carboxylic acid groups (broad SMARTS) is 1. The van der Waals surface area contributed by atoms with Crippen molar-refractivity contribution in [3.8, 4) is 0 Å². The van der Waals surface area contributed by atoms with Gasteiger partial charge in [-0.3, -0.25) is 0 Å². The Morgan fingerprint density at radius 2 is 2.00 bits per heavy atom. The van der Waals surface area contributed by atoms with Crippen LogP contribution in [-0.2, 0) is 11.3 Å². The average Bonchev–Trinajstić information content (AvgIpc) is 2.34. The molecule has 0 aliphatic heterocycles. The number of carbonyl (C=O) groups excluding carboxylic acids is 1. The van der Waals surface area contributed by atoms with Crippen molar-refractivity contribution in [1.29, 1.82) is 0 Å². The predicted molar refractivity (Wildman–Crippen MR) is 64.2 cm³/mol. The minimum absolute atomic E-state index is 0.164. The molecule has 1 aromatic rings. The van der Waals surface area contributed by atoms with E-state index in [4.69, 9.17) is 5.11 Å². The van der Waals surface area contributed by atoms with E-state index in [1.165, 1.54) is 17.6 Å². The van der Waals surface area contributed by atoms with E-state index in [9.17, 15) is 22.8 Å². The van der Waals surface area contributed by atoms with E-state index in [2.05, 4.69) is 15.3 Å². The molecule has 10 heteroatoms. The molecule has 0 spiro atoms. The summed E-state index contributed by atoms with van der Waals surface area (Å²) in [5.74, 6) is -1.77. The summed E-state index contributed by atoms with van der Waals surface area (Å²) >= 11 is 0. The van der Waals surface area contributed by atoms with Crippen molar-refractivity contribution in [2.45, 2.75) is 32.1 Å². The van der Waals surface area contributed by atoms with Crippen LogP contribution in [0.2, 0.25) is 0 Å². The second-order valence-electron chi connectivity index (χ2n) is 4.33. The fourth-order valence-electron chi connectivity index (χ4n) is 1.29. The third kappa shape index (κ3) is 4.04. The number of urea groups is 1. The van der Waals surface area contributed by atoms with Crippen molar-refractivity contribution in [3.05, 3.63) is 23.8 Å². The Morgan fingerprint density at radius 1 is 1.38 bits per heavy atom. The lowest BCUT2D eigenvalue weighted by Gasteiger charge is -2.28. The fraction of sp³-hybridized carbons (Fsp3) is 0.455. The summed E-state index contributed by atoms with van der Waals surface area (Å²) in [6.45, 7) is 1.81. The van der Waals surface area contributed by atoms with Gasteiger partial charge in [-0.25, -0.2) is 19.6 Å². The van der Waals surface area contributed by atoms with Crippen molar-refractivity contribution >= 4 is 12.0 Å². The summed E-state index contributed by atoms with van der Waals surface area (Å²) in [4.78, 5) is 29.9. The number of carboxylic acids is 1. The van der Waals surface area contributed by atoms with Gasteiger partial charge in [-0.05, 0) is 19.9 Å². The van der Waals surface area contributed by atoms with Crippen LogP contribution >= 0.6 is 0 Å². The summed E-state index contributed by atoms with van der Waals surface area (Å²) in [6, 6.07) is 0.196. The lowest BCUT2D eigenvalue weighted by Crippen LogP contribution is -2.63. The molecule has 0 saturated carbocycles. The van der Waals surface area contributed by atoms with Gasteiger partial charge >= 0.3 is 18.2 Å². The molecule has 3 N–H and O–H groups in total. The van der Waals surface area contributed by atoms with Crippen molar-refractivity contribution in [2.24, 2.45) is 0 Å². The highest BCUT2D eigenvalue weighted by atomic mass is 19.4. The Kier molecular flexibility index (Phi) is 4.71. The molecule has 0 bridgehead atoms. The lowest BCUT2D eigenvalue weighted by molar-refractivity contribution is -0.203. The highest BCUT2D eigenvalue weighted by Gasteiger charge is 2.58. The summed E-state index contributed by atoms with van der Waals surface area (Å²) in [6.07, 6.45) is -3.71. The molecule has 0 aliphatic rings. The smallest absolute Gasteiger partial charge is 0.422 e. The van der Waals surface area contributed by atoms with E-state index < -0.39 is 23.7 Å². The zero-order valence-electron chi connectivity index (χ0n) is 11.2. The molecule has 0 radical (unpaired) electrons. The number of carbonyl (C=O) groups is 2. The van der Waals surface area contributed by atoms with Crippen molar-refractivity contribution in [1.82, 2.24) is 20.6 Å². The van der Waals surface area contributed by atoms with Crippen LogP contribution in [0.5, 0.6) is 0 Å². The number of amides is 2. The number of nitrogens with one attached hydrogen (secondary N) is 2. The zero-order chi connectivity index (χ0) is 16.3. The summed E-state index contributed by atoms with van der Waals surface area (Å²) in [5, 5.41) is 12.2. The number of nitrogens with zero attached hydrogens (tertiary/aromatic N) is 2. The molecular weight excluding hydrogens is 293 g/mol. The van der Waals surface area contributed by atoms with Crippen LogP contribution in [0.1, 0.15) is 18.4 Å². The number of aliphatic carboxylic acids is 1. The van der Waals surface area contributed by atoms with Gasteiger partial charge in [0.05, 0.1) is 12.2 Å². The molecule has 1 heterocycles. The highest BCUT2D eigenvalue weighted by Crippen LogP contribution is 2.30. The molecular formula is C11H13F3N4O3. The molecule has 1 rings (SSSR count). The Bertz CT molecular complexity index is 550. The first-order chi connectivity index (χ1) is 9.56. The Hall–Kier alpha value is -2.39. The maximum absolute atomic E-state index is 12.7. The van der Waals surface area contributed by atoms with Gasteiger partial charge in [0, 0.05) is 6.20 Å². The molecule has 21 heavy (non-hydrogen) atoms. The van der Waals surface area contributed by atoms with Gasteiger partial charge in [0.1, 0.15) is 5.82 Å². The minimum Gasteiger partial charge on any atom is -0.479 e. The van der Waals surface area contributed by atoms with Crippen LogP contribution in [0.3, 0.4) is 0 Å². The van der Waals surface area contributed by atoms with Crippen molar-refractivity contribution in [2.75, 3.05) is 0 Å². The lowest BCUT2D eigenvalue weighted by atomic mass is 10.0. The van der Waals surface area contributed by atoms with Gasteiger partial charge in [-0.15, -0.1) is 0 Å². The number of hydrogen-bond acceptors (Lipinski definition) is 4. The van der Waals surface area contributed by atoms with Gasteiger partial charge in [0.2, 0.25) is 5.54 Å². The third-order valence-corrected chi connectivity index (χ3v) is 2.62. The minimum atomic E-state index is -5.14. The standard InChI is InChI=1S/C11H13F3N4O3/c1-6-15-4-3-7(17-6)5-16-9(21)18-10(2,8(19)20)11(12,13)14/h3-4H,5H2,1-2H3,(H,19,20)(H2,16,18,21). The number of halogens is 3. The molecule has 0 aliphatic carbocycles. The van der Waals surface area contributed by atoms with Crippen LogP contribution < -0.4 is 10.6 Å². The molecule has 1 atom stereocenters. The first kappa shape index (κ1) is 16.7. The number of alkyl halides is 3. The Labute approximate surface area is 117 Å². The Morgan fingerprint density at radius 3 is 2.48 bits per heavy atom. The molecule has 1 aromatic heterocycles. The van der Waals surface area contributed by atoms with E-state index >= 15 is 0 Å². The Balaban J connectivity index is 2.70. The molecule has 1 unspecified atom stereocenters. The maximum Gasteiger partial charge on any atom is 0.422 e. The number of aryl methyl sites for hydroxylation is 1.